The maximum Gasteiger partial charge on any atom is 0.131 e. The highest BCUT2D eigenvalue weighted by molar-refractivity contribution is 7.11. The highest BCUT2D eigenvalue weighted by Crippen LogP contribution is 2.33. The third-order valence-electron chi connectivity index (χ3n) is 3.94. The van der Waals surface area contributed by atoms with Crippen molar-refractivity contribution in [1.82, 2.24) is 15.5 Å². The molecule has 3 rings (SSSR count). The molecule has 1 heterocycles. The average molecular weight is 303 g/mol. The molecule has 1 atom stereocenters. The molecule has 1 aliphatic rings. The van der Waals surface area contributed by atoms with Crippen LogP contribution in [0.15, 0.2) is 24.3 Å². The van der Waals surface area contributed by atoms with Gasteiger partial charge in [0.1, 0.15) is 10.0 Å². The Morgan fingerprint density at radius 1 is 1.29 bits per heavy atom. The van der Waals surface area contributed by atoms with Crippen molar-refractivity contribution in [2.24, 2.45) is 0 Å². The summed E-state index contributed by atoms with van der Waals surface area (Å²) >= 11 is 1.75. The maximum atomic E-state index is 5.02. The fourth-order valence-corrected chi connectivity index (χ4v) is 3.73. The number of rotatable bonds is 6. The van der Waals surface area contributed by atoms with Crippen molar-refractivity contribution in [3.05, 3.63) is 45.4 Å². The number of benzene rings is 1. The molecule has 112 valence electrons. The van der Waals surface area contributed by atoms with E-state index in [1.54, 1.807) is 18.4 Å². The molecule has 2 aromatic rings. The number of methoxy groups -OCH3 is 1. The van der Waals surface area contributed by atoms with Gasteiger partial charge in [-0.3, -0.25) is 0 Å². The summed E-state index contributed by atoms with van der Waals surface area (Å²) in [7, 11) is 1.71. The minimum atomic E-state index is 0.533. The highest BCUT2D eigenvalue weighted by Gasteiger charge is 2.22. The lowest BCUT2D eigenvalue weighted by molar-refractivity contribution is 0.199. The third kappa shape index (κ3) is 3.67. The third-order valence-corrected chi connectivity index (χ3v) is 5.02. The predicted molar refractivity (Wildman–Crippen MR) is 84.7 cm³/mol. The van der Waals surface area contributed by atoms with Gasteiger partial charge in [-0.05, 0) is 30.4 Å². The van der Waals surface area contributed by atoms with Crippen molar-refractivity contribution in [2.75, 3.05) is 20.3 Å². The monoisotopic (exact) mass is 303 g/mol. The molecule has 0 radical (unpaired) electrons. The largest absolute Gasteiger partial charge is 0.383 e. The summed E-state index contributed by atoms with van der Waals surface area (Å²) < 4.78 is 5.02. The van der Waals surface area contributed by atoms with Gasteiger partial charge in [-0.1, -0.05) is 35.6 Å². The van der Waals surface area contributed by atoms with Crippen LogP contribution in [0.4, 0.5) is 0 Å². The number of nitrogens with zero attached hydrogens (tertiary/aromatic N) is 2. The number of nitrogens with one attached hydrogen (secondary N) is 1. The standard InChI is InChI=1S/C16H21N3OS/c1-20-9-8-17-11-15-18-19-16(21-15)14-7-6-12-4-2-3-5-13(12)10-14/h2-5,14,17H,6-11H2,1H3. The first-order chi connectivity index (χ1) is 10.4. The van der Waals surface area contributed by atoms with Crippen molar-refractivity contribution in [3.8, 4) is 0 Å². The summed E-state index contributed by atoms with van der Waals surface area (Å²) in [5.41, 5.74) is 2.98. The molecule has 0 aliphatic heterocycles. The molecular formula is C16H21N3OS. The number of hydrogen-bond acceptors (Lipinski definition) is 5. The molecule has 21 heavy (non-hydrogen) atoms. The van der Waals surface area contributed by atoms with E-state index < -0.39 is 0 Å². The Kier molecular flexibility index (Phi) is 4.95. The molecule has 5 heteroatoms. The molecule has 4 nitrogen and oxygen atoms in total. The molecule has 0 amide bonds. The molecule has 0 spiro atoms. The van der Waals surface area contributed by atoms with E-state index in [0.29, 0.717) is 5.92 Å². The summed E-state index contributed by atoms with van der Waals surface area (Å²) in [6.07, 6.45) is 3.44. The zero-order valence-electron chi connectivity index (χ0n) is 12.3. The number of ether oxygens (including phenoxy) is 1. The van der Waals surface area contributed by atoms with Crippen molar-refractivity contribution < 1.29 is 4.74 Å². The summed E-state index contributed by atoms with van der Waals surface area (Å²) in [6, 6.07) is 8.76. The van der Waals surface area contributed by atoms with E-state index in [9.17, 15) is 0 Å². The van der Waals surface area contributed by atoms with E-state index in [4.69, 9.17) is 4.74 Å². The van der Waals surface area contributed by atoms with Gasteiger partial charge < -0.3 is 10.1 Å². The van der Waals surface area contributed by atoms with Gasteiger partial charge in [0.25, 0.3) is 0 Å². The van der Waals surface area contributed by atoms with Crippen LogP contribution < -0.4 is 5.32 Å². The van der Waals surface area contributed by atoms with Crippen molar-refractivity contribution in [2.45, 2.75) is 31.7 Å². The Morgan fingerprint density at radius 2 is 2.14 bits per heavy atom. The fraction of sp³-hybridized carbons (Fsp3) is 0.500. The van der Waals surface area contributed by atoms with E-state index in [0.717, 1.165) is 37.5 Å². The van der Waals surface area contributed by atoms with E-state index in [2.05, 4.69) is 39.8 Å². The van der Waals surface area contributed by atoms with Crippen LogP contribution in [0.2, 0.25) is 0 Å². The number of aromatic nitrogens is 2. The molecule has 1 aliphatic carbocycles. The fourth-order valence-electron chi connectivity index (χ4n) is 2.78. The maximum absolute atomic E-state index is 5.02. The molecule has 1 aromatic heterocycles. The zero-order chi connectivity index (χ0) is 14.5. The van der Waals surface area contributed by atoms with Crippen molar-refractivity contribution in [1.29, 1.82) is 0 Å². The molecule has 0 bridgehead atoms. The van der Waals surface area contributed by atoms with Gasteiger partial charge >= 0.3 is 0 Å². The second kappa shape index (κ2) is 7.11. The van der Waals surface area contributed by atoms with Crippen LogP contribution in [-0.2, 0) is 24.1 Å². The molecule has 1 aromatic carbocycles. The van der Waals surface area contributed by atoms with E-state index in [1.165, 1.54) is 22.6 Å². The first kappa shape index (κ1) is 14.6. The van der Waals surface area contributed by atoms with Crippen LogP contribution in [-0.4, -0.2) is 30.5 Å². The lowest BCUT2D eigenvalue weighted by Gasteiger charge is -2.22. The van der Waals surface area contributed by atoms with Gasteiger partial charge in [0, 0.05) is 26.1 Å². The van der Waals surface area contributed by atoms with Gasteiger partial charge in [-0.2, -0.15) is 0 Å². The van der Waals surface area contributed by atoms with Crippen LogP contribution >= 0.6 is 11.3 Å². The normalized spacial score (nSPS) is 17.7. The van der Waals surface area contributed by atoms with Crippen molar-refractivity contribution in [3.63, 3.8) is 0 Å². The summed E-state index contributed by atoms with van der Waals surface area (Å²) in [4.78, 5) is 0. The van der Waals surface area contributed by atoms with Crippen LogP contribution in [0.25, 0.3) is 0 Å². The van der Waals surface area contributed by atoms with E-state index in [1.807, 2.05) is 0 Å². The predicted octanol–water partition coefficient (Wildman–Crippen LogP) is 2.55. The first-order valence-electron chi connectivity index (χ1n) is 7.45. The van der Waals surface area contributed by atoms with Crippen molar-refractivity contribution >= 4 is 11.3 Å². The number of aryl methyl sites for hydroxylation is 1. The Balaban J connectivity index is 1.59. The molecule has 0 saturated heterocycles. The van der Waals surface area contributed by atoms with Crippen LogP contribution in [0.3, 0.4) is 0 Å². The Bertz CT molecular complexity index is 584. The Hall–Kier alpha value is -1.30. The minimum absolute atomic E-state index is 0.533. The zero-order valence-corrected chi connectivity index (χ0v) is 13.2. The van der Waals surface area contributed by atoms with Gasteiger partial charge in [0.05, 0.1) is 6.61 Å². The molecular weight excluding hydrogens is 282 g/mol. The SMILES string of the molecule is COCCNCc1nnc(C2CCc3ccccc3C2)s1. The summed E-state index contributed by atoms with van der Waals surface area (Å²) in [6.45, 7) is 2.36. The second-order valence-corrected chi connectivity index (χ2v) is 6.51. The first-order valence-corrected chi connectivity index (χ1v) is 8.27. The van der Waals surface area contributed by atoms with Crippen LogP contribution in [0, 0.1) is 0 Å². The van der Waals surface area contributed by atoms with Crippen LogP contribution in [0.1, 0.15) is 33.5 Å². The average Bonchev–Trinajstić information content (AvgIpc) is 3.00. The number of hydrogen-bond donors (Lipinski definition) is 1. The van der Waals surface area contributed by atoms with Crippen LogP contribution in [0.5, 0.6) is 0 Å². The summed E-state index contributed by atoms with van der Waals surface area (Å²) in [5.74, 6) is 0.533. The van der Waals surface area contributed by atoms with E-state index in [-0.39, 0.29) is 0 Å². The highest BCUT2D eigenvalue weighted by atomic mass is 32.1. The molecule has 0 fully saturated rings. The lowest BCUT2D eigenvalue weighted by Crippen LogP contribution is -2.18. The Labute approximate surface area is 129 Å². The molecule has 1 unspecified atom stereocenters. The van der Waals surface area contributed by atoms with E-state index >= 15 is 0 Å². The smallest absolute Gasteiger partial charge is 0.131 e. The quantitative estimate of drug-likeness (QED) is 0.833. The molecule has 1 N–H and O–H groups in total. The topological polar surface area (TPSA) is 47.0 Å². The van der Waals surface area contributed by atoms with Gasteiger partial charge in [0.15, 0.2) is 0 Å². The van der Waals surface area contributed by atoms with Gasteiger partial charge in [0.2, 0.25) is 0 Å². The minimum Gasteiger partial charge on any atom is -0.383 e. The summed E-state index contributed by atoms with van der Waals surface area (Å²) in [5, 5.41) is 14.3. The Morgan fingerprint density at radius 3 is 3.00 bits per heavy atom. The van der Waals surface area contributed by atoms with Gasteiger partial charge in [-0.25, -0.2) is 0 Å². The second-order valence-electron chi connectivity index (χ2n) is 5.41. The number of fused-ring (bicyclic) bond motifs is 1. The molecule has 0 saturated carbocycles. The lowest BCUT2D eigenvalue weighted by atomic mass is 9.84. The van der Waals surface area contributed by atoms with Gasteiger partial charge in [-0.15, -0.1) is 10.2 Å².